The summed E-state index contributed by atoms with van der Waals surface area (Å²) in [5.41, 5.74) is 1.21. The summed E-state index contributed by atoms with van der Waals surface area (Å²) in [7, 11) is 0. The van der Waals surface area contributed by atoms with Crippen LogP contribution in [0.3, 0.4) is 0 Å². The van der Waals surface area contributed by atoms with Gasteiger partial charge >= 0.3 is 0 Å². The van der Waals surface area contributed by atoms with Gasteiger partial charge in [-0.05, 0) is 18.8 Å². The predicted molar refractivity (Wildman–Crippen MR) is 65.3 cm³/mol. The number of allylic oxidation sites excluding steroid dienone is 1. The molecule has 1 rings (SSSR count). The van der Waals surface area contributed by atoms with E-state index < -0.39 is 0 Å². The van der Waals surface area contributed by atoms with E-state index in [2.05, 4.69) is 25.7 Å². The van der Waals surface area contributed by atoms with E-state index in [1.54, 1.807) is 0 Å². The lowest BCUT2D eigenvalue weighted by atomic mass is 9.95. The second kappa shape index (κ2) is 7.90. The molecule has 0 aromatic carbocycles. The first-order chi connectivity index (χ1) is 6.70. The Kier molecular flexibility index (Phi) is 7.64. The van der Waals surface area contributed by atoms with Crippen molar-refractivity contribution in [2.24, 2.45) is 5.92 Å². The van der Waals surface area contributed by atoms with E-state index in [-0.39, 0.29) is 0 Å². The van der Waals surface area contributed by atoms with Crippen LogP contribution in [-0.4, -0.2) is 6.04 Å². The van der Waals surface area contributed by atoms with E-state index >= 15 is 0 Å². The van der Waals surface area contributed by atoms with Gasteiger partial charge in [-0.25, -0.2) is 0 Å². The summed E-state index contributed by atoms with van der Waals surface area (Å²) >= 11 is 0. The molecule has 1 nitrogen and oxygen atoms in total. The molecule has 1 N–H and O–H groups in total. The molecule has 0 radical (unpaired) electrons. The third kappa shape index (κ3) is 5.31. The summed E-state index contributed by atoms with van der Waals surface area (Å²) < 4.78 is 0. The van der Waals surface area contributed by atoms with Crippen molar-refractivity contribution in [2.45, 2.75) is 65.8 Å². The standard InChI is InChI=1S/C11H21N.C2H6/c1-9(2)10(3)12-11-7-5-4-6-8-11;1-2/h9,11-12H,3-8H2,1-2H3;1-2H3. The van der Waals surface area contributed by atoms with Crippen LogP contribution in [0.2, 0.25) is 0 Å². The van der Waals surface area contributed by atoms with Gasteiger partial charge in [0, 0.05) is 11.7 Å². The highest BCUT2D eigenvalue weighted by Gasteiger charge is 2.13. The monoisotopic (exact) mass is 197 g/mol. The van der Waals surface area contributed by atoms with Crippen LogP contribution in [0.4, 0.5) is 0 Å². The lowest BCUT2D eigenvalue weighted by Crippen LogP contribution is -2.31. The van der Waals surface area contributed by atoms with Crippen LogP contribution in [0.5, 0.6) is 0 Å². The SMILES string of the molecule is C=C(NC1CCCCC1)C(C)C.CC. The van der Waals surface area contributed by atoms with Crippen LogP contribution in [0.25, 0.3) is 0 Å². The zero-order valence-corrected chi connectivity index (χ0v) is 10.4. The summed E-state index contributed by atoms with van der Waals surface area (Å²) in [6.07, 6.45) is 6.88. The van der Waals surface area contributed by atoms with Crippen molar-refractivity contribution in [3.8, 4) is 0 Å². The molecule has 0 unspecified atom stereocenters. The van der Waals surface area contributed by atoms with E-state index in [1.807, 2.05) is 13.8 Å². The molecule has 0 aliphatic heterocycles. The maximum absolute atomic E-state index is 4.04. The first-order valence-electron chi connectivity index (χ1n) is 6.15. The molecule has 1 fully saturated rings. The number of hydrogen-bond acceptors (Lipinski definition) is 1. The van der Waals surface area contributed by atoms with Gasteiger partial charge in [0.2, 0.25) is 0 Å². The zero-order chi connectivity index (χ0) is 11.0. The average molecular weight is 197 g/mol. The normalized spacial score (nSPS) is 17.2. The minimum absolute atomic E-state index is 0.576. The molecule has 1 saturated carbocycles. The number of nitrogens with one attached hydrogen (secondary N) is 1. The van der Waals surface area contributed by atoms with Gasteiger partial charge in [0.05, 0.1) is 0 Å². The quantitative estimate of drug-likeness (QED) is 0.718. The molecule has 1 heteroatoms. The molecule has 0 bridgehead atoms. The van der Waals surface area contributed by atoms with E-state index in [0.29, 0.717) is 12.0 Å². The number of hydrogen-bond donors (Lipinski definition) is 1. The smallest absolute Gasteiger partial charge is 0.0258 e. The average Bonchev–Trinajstić information content (AvgIpc) is 2.22. The molecule has 0 aromatic rings. The fourth-order valence-electron chi connectivity index (χ4n) is 1.68. The topological polar surface area (TPSA) is 12.0 Å². The zero-order valence-electron chi connectivity index (χ0n) is 10.4. The van der Waals surface area contributed by atoms with Crippen molar-refractivity contribution in [2.75, 3.05) is 0 Å². The first-order valence-corrected chi connectivity index (χ1v) is 6.15. The Morgan fingerprint density at radius 2 is 1.64 bits per heavy atom. The lowest BCUT2D eigenvalue weighted by molar-refractivity contribution is 0.386. The molecule has 1 aliphatic rings. The van der Waals surface area contributed by atoms with E-state index in [4.69, 9.17) is 0 Å². The highest BCUT2D eigenvalue weighted by molar-refractivity contribution is 4.97. The predicted octanol–water partition coefficient (Wildman–Crippen LogP) is 4.10. The third-order valence-electron chi connectivity index (χ3n) is 2.69. The maximum atomic E-state index is 4.04. The lowest BCUT2D eigenvalue weighted by Gasteiger charge is -2.26. The Balaban J connectivity index is 0.000000791. The highest BCUT2D eigenvalue weighted by atomic mass is 14.9. The molecule has 0 spiro atoms. The Morgan fingerprint density at radius 1 is 1.14 bits per heavy atom. The molecular weight excluding hydrogens is 170 g/mol. The molecule has 0 atom stereocenters. The van der Waals surface area contributed by atoms with E-state index in [0.717, 1.165) is 0 Å². The van der Waals surface area contributed by atoms with Gasteiger partial charge in [0.25, 0.3) is 0 Å². The van der Waals surface area contributed by atoms with Crippen molar-refractivity contribution in [1.29, 1.82) is 0 Å². The van der Waals surface area contributed by atoms with Gasteiger partial charge in [-0.2, -0.15) is 0 Å². The van der Waals surface area contributed by atoms with Gasteiger partial charge < -0.3 is 5.32 Å². The summed E-state index contributed by atoms with van der Waals surface area (Å²) in [6.45, 7) is 12.4. The van der Waals surface area contributed by atoms with Crippen molar-refractivity contribution < 1.29 is 0 Å². The van der Waals surface area contributed by atoms with Crippen LogP contribution in [0, 0.1) is 5.92 Å². The Hall–Kier alpha value is -0.460. The Bertz CT molecular complexity index is 143. The second-order valence-corrected chi connectivity index (χ2v) is 4.16. The minimum atomic E-state index is 0.576. The molecule has 0 saturated heterocycles. The van der Waals surface area contributed by atoms with Crippen LogP contribution in [0.15, 0.2) is 12.3 Å². The van der Waals surface area contributed by atoms with Crippen LogP contribution < -0.4 is 5.32 Å². The Labute approximate surface area is 90.0 Å². The van der Waals surface area contributed by atoms with E-state index in [9.17, 15) is 0 Å². The van der Waals surface area contributed by atoms with Gasteiger partial charge in [-0.1, -0.05) is 53.5 Å². The second-order valence-electron chi connectivity index (χ2n) is 4.16. The number of rotatable bonds is 3. The van der Waals surface area contributed by atoms with Crippen molar-refractivity contribution in [3.63, 3.8) is 0 Å². The minimum Gasteiger partial charge on any atom is -0.386 e. The summed E-state index contributed by atoms with van der Waals surface area (Å²) in [5.74, 6) is 0.576. The summed E-state index contributed by atoms with van der Waals surface area (Å²) in [4.78, 5) is 0. The third-order valence-corrected chi connectivity index (χ3v) is 2.69. The highest BCUT2D eigenvalue weighted by Crippen LogP contribution is 2.19. The first kappa shape index (κ1) is 13.5. The Morgan fingerprint density at radius 3 is 2.07 bits per heavy atom. The van der Waals surface area contributed by atoms with Gasteiger partial charge in [-0.3, -0.25) is 0 Å². The molecule has 1 aliphatic carbocycles. The van der Waals surface area contributed by atoms with Crippen molar-refractivity contribution in [1.82, 2.24) is 5.32 Å². The van der Waals surface area contributed by atoms with Crippen molar-refractivity contribution in [3.05, 3.63) is 12.3 Å². The van der Waals surface area contributed by atoms with Crippen molar-refractivity contribution >= 4 is 0 Å². The van der Waals surface area contributed by atoms with Crippen LogP contribution in [-0.2, 0) is 0 Å². The van der Waals surface area contributed by atoms with Gasteiger partial charge in [0.1, 0.15) is 0 Å². The molecule has 84 valence electrons. The molecule has 14 heavy (non-hydrogen) atoms. The molecule has 0 aromatic heterocycles. The summed E-state index contributed by atoms with van der Waals surface area (Å²) in [6, 6.07) is 0.716. The largest absolute Gasteiger partial charge is 0.386 e. The van der Waals surface area contributed by atoms with Crippen LogP contribution in [0.1, 0.15) is 59.8 Å². The van der Waals surface area contributed by atoms with Gasteiger partial charge in [0.15, 0.2) is 0 Å². The van der Waals surface area contributed by atoms with E-state index in [1.165, 1.54) is 37.8 Å². The maximum Gasteiger partial charge on any atom is 0.0258 e. The fourth-order valence-corrected chi connectivity index (χ4v) is 1.68. The molecule has 0 heterocycles. The fraction of sp³-hybridized carbons (Fsp3) is 0.846. The molecular formula is C13H27N. The molecule has 0 amide bonds. The van der Waals surface area contributed by atoms with Gasteiger partial charge in [-0.15, -0.1) is 0 Å². The summed E-state index contributed by atoms with van der Waals surface area (Å²) in [5, 5.41) is 3.52. The van der Waals surface area contributed by atoms with Crippen LogP contribution >= 0.6 is 0 Å².